The van der Waals surface area contributed by atoms with Gasteiger partial charge in [0.05, 0.1) is 0 Å². The summed E-state index contributed by atoms with van der Waals surface area (Å²) in [7, 11) is 0. The van der Waals surface area contributed by atoms with E-state index >= 15 is 0 Å². The van der Waals surface area contributed by atoms with Crippen LogP contribution < -0.4 is 0 Å². The normalized spacial score (nSPS) is 20.3. The summed E-state index contributed by atoms with van der Waals surface area (Å²) in [6, 6.07) is 11.9. The Bertz CT molecular complexity index is 466. The van der Waals surface area contributed by atoms with Crippen molar-refractivity contribution in [3.05, 3.63) is 35.9 Å². The first-order valence-electron chi connectivity index (χ1n) is 11.4. The number of nitrogens with zero attached hydrogens (tertiary/aromatic N) is 2. The fraction of sp³-hybridized carbons (Fsp3) is 0.750. The first-order valence-corrected chi connectivity index (χ1v) is 11.4. The van der Waals surface area contributed by atoms with Gasteiger partial charge in [-0.3, -0.25) is 0 Å². The summed E-state index contributed by atoms with van der Waals surface area (Å²) in [6.45, 7) is 8.00. The Labute approximate surface area is 161 Å². The summed E-state index contributed by atoms with van der Waals surface area (Å²) in [5.74, 6) is 1.80. The third-order valence-corrected chi connectivity index (χ3v) is 6.89. The third kappa shape index (κ3) is 5.10. The van der Waals surface area contributed by atoms with Crippen LogP contribution in [0.25, 0.3) is 0 Å². The van der Waals surface area contributed by atoms with Gasteiger partial charge in [0.2, 0.25) is 0 Å². The maximum Gasteiger partial charge on any atom is 0.0387 e. The molecule has 0 N–H and O–H groups in total. The SMILES string of the molecule is CCN(CC)N(Cc1ccccc1)C(C1CCCCC1)C1CCCCC1. The molecule has 3 rings (SSSR count). The quantitative estimate of drug-likeness (QED) is 0.506. The van der Waals surface area contributed by atoms with Gasteiger partial charge in [-0.2, -0.15) is 0 Å². The van der Waals surface area contributed by atoms with Gasteiger partial charge in [0, 0.05) is 25.7 Å². The van der Waals surface area contributed by atoms with Gasteiger partial charge in [-0.25, -0.2) is 10.0 Å². The van der Waals surface area contributed by atoms with Gasteiger partial charge < -0.3 is 0 Å². The van der Waals surface area contributed by atoms with E-state index in [-0.39, 0.29) is 0 Å². The maximum absolute atomic E-state index is 2.82. The highest BCUT2D eigenvalue weighted by Gasteiger charge is 2.37. The maximum atomic E-state index is 2.82. The minimum atomic E-state index is 0.746. The second kappa shape index (κ2) is 10.5. The molecule has 0 spiro atoms. The van der Waals surface area contributed by atoms with E-state index in [0.29, 0.717) is 0 Å². The summed E-state index contributed by atoms with van der Waals surface area (Å²) in [5.41, 5.74) is 1.47. The van der Waals surface area contributed by atoms with Crippen molar-refractivity contribution < 1.29 is 0 Å². The van der Waals surface area contributed by atoms with Crippen molar-refractivity contribution in [3.63, 3.8) is 0 Å². The van der Waals surface area contributed by atoms with Crippen molar-refractivity contribution in [1.29, 1.82) is 0 Å². The van der Waals surface area contributed by atoms with Gasteiger partial charge in [-0.05, 0) is 43.1 Å². The highest BCUT2D eigenvalue weighted by atomic mass is 15.6. The van der Waals surface area contributed by atoms with Crippen LogP contribution in [0.1, 0.15) is 83.6 Å². The average Bonchev–Trinajstić information content (AvgIpc) is 2.71. The third-order valence-electron chi connectivity index (χ3n) is 6.89. The second-order valence-corrected chi connectivity index (χ2v) is 8.51. The molecule has 26 heavy (non-hydrogen) atoms. The van der Waals surface area contributed by atoms with Crippen LogP contribution in [0.2, 0.25) is 0 Å². The zero-order valence-electron chi connectivity index (χ0n) is 17.2. The zero-order valence-corrected chi connectivity index (χ0v) is 17.2. The van der Waals surface area contributed by atoms with Crippen LogP contribution in [0.5, 0.6) is 0 Å². The molecule has 1 aromatic rings. The van der Waals surface area contributed by atoms with Crippen molar-refractivity contribution in [1.82, 2.24) is 10.0 Å². The van der Waals surface area contributed by atoms with E-state index in [2.05, 4.69) is 54.2 Å². The molecular weight excluding hydrogens is 316 g/mol. The average molecular weight is 357 g/mol. The van der Waals surface area contributed by atoms with Gasteiger partial charge in [-0.15, -0.1) is 0 Å². The van der Waals surface area contributed by atoms with E-state index in [9.17, 15) is 0 Å². The molecule has 2 nitrogen and oxygen atoms in total. The first kappa shape index (κ1) is 19.9. The van der Waals surface area contributed by atoms with Crippen molar-refractivity contribution in [2.24, 2.45) is 11.8 Å². The molecule has 146 valence electrons. The lowest BCUT2D eigenvalue weighted by atomic mass is 9.73. The summed E-state index contributed by atoms with van der Waals surface area (Å²) >= 11 is 0. The lowest BCUT2D eigenvalue weighted by Crippen LogP contribution is -2.54. The van der Waals surface area contributed by atoms with Crippen molar-refractivity contribution >= 4 is 0 Å². The number of hydrogen-bond donors (Lipinski definition) is 0. The molecular formula is C24H40N2. The molecule has 0 atom stereocenters. The van der Waals surface area contributed by atoms with Crippen LogP contribution in [0.3, 0.4) is 0 Å². The van der Waals surface area contributed by atoms with Gasteiger partial charge >= 0.3 is 0 Å². The Balaban J connectivity index is 1.87. The minimum Gasteiger partial charge on any atom is -0.242 e. The predicted molar refractivity (Wildman–Crippen MR) is 112 cm³/mol. The molecule has 2 saturated carbocycles. The van der Waals surface area contributed by atoms with E-state index in [1.807, 2.05) is 0 Å². The Morgan fingerprint density at radius 1 is 0.769 bits per heavy atom. The molecule has 2 heteroatoms. The van der Waals surface area contributed by atoms with Crippen molar-refractivity contribution in [2.75, 3.05) is 13.1 Å². The molecule has 2 fully saturated rings. The standard InChI is InChI=1S/C24H40N2/c1-3-25(4-2)26(20-21-14-8-5-9-15-21)24(22-16-10-6-11-17-22)23-18-12-7-13-19-23/h5,8-9,14-15,22-24H,3-4,6-7,10-13,16-20H2,1-2H3. The lowest BCUT2D eigenvalue weighted by molar-refractivity contribution is -0.108. The van der Waals surface area contributed by atoms with Crippen LogP contribution in [0.4, 0.5) is 0 Å². The van der Waals surface area contributed by atoms with Crippen molar-refractivity contribution in [2.45, 2.75) is 90.6 Å². The van der Waals surface area contributed by atoms with E-state index < -0.39 is 0 Å². The topological polar surface area (TPSA) is 6.48 Å². The number of hydrogen-bond acceptors (Lipinski definition) is 2. The van der Waals surface area contributed by atoms with Crippen LogP contribution >= 0.6 is 0 Å². The van der Waals surface area contributed by atoms with E-state index in [4.69, 9.17) is 0 Å². The Hall–Kier alpha value is -0.860. The fourth-order valence-electron chi connectivity index (χ4n) is 5.57. The van der Waals surface area contributed by atoms with Gasteiger partial charge in [0.1, 0.15) is 0 Å². The summed E-state index contributed by atoms with van der Waals surface area (Å²) in [4.78, 5) is 0. The van der Waals surface area contributed by atoms with Crippen LogP contribution in [0, 0.1) is 11.8 Å². The summed E-state index contributed by atoms with van der Waals surface area (Å²) in [5, 5.41) is 5.46. The lowest BCUT2D eigenvalue weighted by Gasteiger charge is -2.48. The number of rotatable bonds is 8. The van der Waals surface area contributed by atoms with Crippen LogP contribution in [0.15, 0.2) is 30.3 Å². The molecule has 0 radical (unpaired) electrons. The minimum absolute atomic E-state index is 0.746. The predicted octanol–water partition coefficient (Wildman–Crippen LogP) is 6.27. The molecule has 0 heterocycles. The largest absolute Gasteiger partial charge is 0.242 e. The van der Waals surface area contributed by atoms with Gasteiger partial charge in [-0.1, -0.05) is 82.7 Å². The van der Waals surface area contributed by atoms with Gasteiger partial charge in [0.15, 0.2) is 0 Å². The molecule has 1 aromatic carbocycles. The van der Waals surface area contributed by atoms with Crippen molar-refractivity contribution in [3.8, 4) is 0 Å². The molecule has 0 bridgehead atoms. The first-order chi connectivity index (χ1) is 12.8. The van der Waals surface area contributed by atoms with E-state index in [1.165, 1.54) is 69.8 Å². The summed E-state index contributed by atoms with van der Waals surface area (Å²) in [6.07, 6.45) is 14.5. The highest BCUT2D eigenvalue weighted by Crippen LogP contribution is 2.39. The van der Waals surface area contributed by atoms with E-state index in [0.717, 1.165) is 37.5 Å². The van der Waals surface area contributed by atoms with Gasteiger partial charge in [0.25, 0.3) is 0 Å². The smallest absolute Gasteiger partial charge is 0.0387 e. The Morgan fingerprint density at radius 2 is 1.27 bits per heavy atom. The van der Waals surface area contributed by atoms with E-state index in [1.54, 1.807) is 0 Å². The molecule has 0 unspecified atom stereocenters. The molecule has 0 aliphatic heterocycles. The van der Waals surface area contributed by atoms with Crippen LogP contribution in [-0.4, -0.2) is 29.1 Å². The zero-order chi connectivity index (χ0) is 18.2. The van der Waals surface area contributed by atoms with Crippen LogP contribution in [-0.2, 0) is 6.54 Å². The molecule has 2 aliphatic rings. The number of benzene rings is 1. The summed E-state index contributed by atoms with van der Waals surface area (Å²) < 4.78 is 0. The highest BCUT2D eigenvalue weighted by molar-refractivity contribution is 5.14. The molecule has 0 aromatic heterocycles. The second-order valence-electron chi connectivity index (χ2n) is 8.51. The number of hydrazine groups is 1. The molecule has 2 aliphatic carbocycles. The molecule has 0 saturated heterocycles. The molecule has 0 amide bonds. The Morgan fingerprint density at radius 3 is 1.73 bits per heavy atom. The monoisotopic (exact) mass is 356 g/mol. The fourth-order valence-corrected chi connectivity index (χ4v) is 5.57. The Kier molecular flexibility index (Phi) is 8.01.